The summed E-state index contributed by atoms with van der Waals surface area (Å²) in [5.74, 6) is 4.27. The number of nitrogens with one attached hydrogen (secondary N) is 1. The van der Waals surface area contributed by atoms with Crippen LogP contribution in [0, 0.1) is 17.8 Å². The molecule has 3 atom stereocenters. The van der Waals surface area contributed by atoms with E-state index in [4.69, 9.17) is 0 Å². The Labute approximate surface area is 113 Å². The van der Waals surface area contributed by atoms with E-state index < -0.39 is 0 Å². The molecule has 102 valence electrons. The zero-order chi connectivity index (χ0) is 12.5. The van der Waals surface area contributed by atoms with Gasteiger partial charge in [0.1, 0.15) is 0 Å². The molecule has 0 radical (unpaired) electrons. The minimum atomic E-state index is 0.958. The third kappa shape index (κ3) is 6.15. The summed E-state index contributed by atoms with van der Waals surface area (Å²) in [7, 11) is 0. The Morgan fingerprint density at radius 3 is 2.76 bits per heavy atom. The normalized spacial score (nSPS) is 29.5. The van der Waals surface area contributed by atoms with Crippen molar-refractivity contribution < 1.29 is 0 Å². The SMILES string of the molecule is CCCNCC1CCC(C)CC1CCCSC. The molecule has 0 aromatic rings. The number of hydrogen-bond donors (Lipinski definition) is 1. The topological polar surface area (TPSA) is 12.0 Å². The molecule has 17 heavy (non-hydrogen) atoms. The molecule has 0 amide bonds. The van der Waals surface area contributed by atoms with Gasteiger partial charge in [-0.15, -0.1) is 0 Å². The first kappa shape index (κ1) is 15.4. The van der Waals surface area contributed by atoms with E-state index in [0.717, 1.165) is 17.8 Å². The van der Waals surface area contributed by atoms with Gasteiger partial charge in [0.25, 0.3) is 0 Å². The summed E-state index contributed by atoms with van der Waals surface area (Å²) in [5.41, 5.74) is 0. The molecule has 0 bridgehead atoms. The summed E-state index contributed by atoms with van der Waals surface area (Å²) in [5, 5.41) is 3.63. The summed E-state index contributed by atoms with van der Waals surface area (Å²) in [4.78, 5) is 0. The van der Waals surface area contributed by atoms with Gasteiger partial charge in [-0.25, -0.2) is 0 Å². The van der Waals surface area contributed by atoms with Gasteiger partial charge in [-0.2, -0.15) is 11.8 Å². The van der Waals surface area contributed by atoms with Crippen LogP contribution in [0.15, 0.2) is 0 Å². The maximum atomic E-state index is 3.63. The second kappa shape index (κ2) is 9.27. The first-order valence-electron chi connectivity index (χ1n) is 7.47. The number of thioether (sulfide) groups is 1. The van der Waals surface area contributed by atoms with Crippen molar-refractivity contribution in [1.82, 2.24) is 5.32 Å². The van der Waals surface area contributed by atoms with E-state index in [1.807, 2.05) is 11.8 Å². The Morgan fingerprint density at radius 2 is 2.06 bits per heavy atom. The zero-order valence-corrected chi connectivity index (χ0v) is 12.8. The van der Waals surface area contributed by atoms with Gasteiger partial charge in [-0.1, -0.05) is 20.3 Å². The van der Waals surface area contributed by atoms with Crippen molar-refractivity contribution >= 4 is 11.8 Å². The number of hydrogen-bond acceptors (Lipinski definition) is 2. The molecule has 1 nitrogen and oxygen atoms in total. The van der Waals surface area contributed by atoms with Crippen LogP contribution in [0.4, 0.5) is 0 Å². The Balaban J connectivity index is 2.29. The maximum Gasteiger partial charge on any atom is -0.00179 e. The summed E-state index contributed by atoms with van der Waals surface area (Å²) < 4.78 is 0. The molecule has 1 rings (SSSR count). The highest BCUT2D eigenvalue weighted by molar-refractivity contribution is 7.98. The lowest BCUT2D eigenvalue weighted by Gasteiger charge is -2.35. The third-order valence-electron chi connectivity index (χ3n) is 4.16. The molecule has 0 aromatic carbocycles. The van der Waals surface area contributed by atoms with Crippen molar-refractivity contribution in [3.05, 3.63) is 0 Å². The molecule has 1 aliphatic carbocycles. The predicted octanol–water partition coefficient (Wildman–Crippen LogP) is 4.18. The lowest BCUT2D eigenvalue weighted by Crippen LogP contribution is -2.33. The Hall–Kier alpha value is 0.310. The van der Waals surface area contributed by atoms with Crippen LogP contribution in [-0.4, -0.2) is 25.1 Å². The van der Waals surface area contributed by atoms with E-state index in [9.17, 15) is 0 Å². The first-order valence-corrected chi connectivity index (χ1v) is 8.87. The summed E-state index contributed by atoms with van der Waals surface area (Å²) >= 11 is 2.00. The van der Waals surface area contributed by atoms with Crippen LogP contribution in [0.2, 0.25) is 0 Å². The van der Waals surface area contributed by atoms with E-state index in [1.54, 1.807) is 0 Å². The molecule has 0 aromatic heterocycles. The molecule has 1 fully saturated rings. The van der Waals surface area contributed by atoms with Gasteiger partial charge in [0.15, 0.2) is 0 Å². The maximum absolute atomic E-state index is 3.63. The van der Waals surface area contributed by atoms with Crippen LogP contribution in [0.5, 0.6) is 0 Å². The van der Waals surface area contributed by atoms with Crippen LogP contribution >= 0.6 is 11.8 Å². The van der Waals surface area contributed by atoms with Crippen LogP contribution in [0.1, 0.15) is 52.4 Å². The molecule has 3 unspecified atom stereocenters. The average Bonchev–Trinajstić information content (AvgIpc) is 2.32. The summed E-state index contributed by atoms with van der Waals surface area (Å²) in [6.45, 7) is 7.16. The van der Waals surface area contributed by atoms with E-state index in [0.29, 0.717) is 0 Å². The largest absolute Gasteiger partial charge is 0.316 e. The van der Waals surface area contributed by atoms with E-state index in [-0.39, 0.29) is 0 Å². The molecule has 0 spiro atoms. The Bertz CT molecular complexity index is 184. The predicted molar refractivity (Wildman–Crippen MR) is 80.8 cm³/mol. The fourth-order valence-electron chi connectivity index (χ4n) is 3.14. The Morgan fingerprint density at radius 1 is 1.24 bits per heavy atom. The highest BCUT2D eigenvalue weighted by Crippen LogP contribution is 2.36. The van der Waals surface area contributed by atoms with Gasteiger partial charge in [-0.3, -0.25) is 0 Å². The monoisotopic (exact) mass is 257 g/mol. The minimum Gasteiger partial charge on any atom is -0.316 e. The third-order valence-corrected chi connectivity index (χ3v) is 4.86. The van der Waals surface area contributed by atoms with E-state index in [2.05, 4.69) is 25.4 Å². The zero-order valence-electron chi connectivity index (χ0n) is 12.0. The van der Waals surface area contributed by atoms with Crippen LogP contribution in [-0.2, 0) is 0 Å². The molecule has 1 saturated carbocycles. The molecule has 2 heteroatoms. The van der Waals surface area contributed by atoms with Crippen LogP contribution < -0.4 is 5.32 Å². The van der Waals surface area contributed by atoms with E-state index >= 15 is 0 Å². The smallest absolute Gasteiger partial charge is 0.00179 e. The standard InChI is InChI=1S/C15H31NS/c1-4-9-16-12-15-8-7-13(2)11-14(15)6-5-10-17-3/h13-16H,4-12H2,1-3H3. The second-order valence-electron chi connectivity index (χ2n) is 5.78. The second-order valence-corrected chi connectivity index (χ2v) is 6.76. The molecule has 0 saturated heterocycles. The molecule has 0 heterocycles. The molecule has 0 aliphatic heterocycles. The highest BCUT2D eigenvalue weighted by atomic mass is 32.2. The molecule has 1 aliphatic rings. The van der Waals surface area contributed by atoms with Crippen LogP contribution in [0.3, 0.4) is 0 Å². The Kier molecular flexibility index (Phi) is 8.38. The van der Waals surface area contributed by atoms with Gasteiger partial charge < -0.3 is 5.32 Å². The van der Waals surface area contributed by atoms with Gasteiger partial charge in [-0.05, 0) is 75.0 Å². The van der Waals surface area contributed by atoms with Gasteiger partial charge in [0, 0.05) is 0 Å². The molecule has 1 N–H and O–H groups in total. The lowest BCUT2D eigenvalue weighted by atomic mass is 9.73. The number of rotatable bonds is 8. The highest BCUT2D eigenvalue weighted by Gasteiger charge is 2.27. The van der Waals surface area contributed by atoms with Crippen molar-refractivity contribution in [2.45, 2.75) is 52.4 Å². The van der Waals surface area contributed by atoms with Crippen molar-refractivity contribution in [3.63, 3.8) is 0 Å². The van der Waals surface area contributed by atoms with Crippen molar-refractivity contribution in [1.29, 1.82) is 0 Å². The van der Waals surface area contributed by atoms with Gasteiger partial charge in [0.2, 0.25) is 0 Å². The van der Waals surface area contributed by atoms with Crippen molar-refractivity contribution in [2.75, 3.05) is 25.1 Å². The van der Waals surface area contributed by atoms with Crippen molar-refractivity contribution in [3.8, 4) is 0 Å². The quantitative estimate of drug-likeness (QED) is 0.655. The average molecular weight is 257 g/mol. The minimum absolute atomic E-state index is 0.958. The van der Waals surface area contributed by atoms with E-state index in [1.165, 1.54) is 57.4 Å². The summed E-state index contributed by atoms with van der Waals surface area (Å²) in [6.07, 6.45) is 10.8. The van der Waals surface area contributed by atoms with Crippen molar-refractivity contribution in [2.24, 2.45) is 17.8 Å². The van der Waals surface area contributed by atoms with Gasteiger partial charge in [0.05, 0.1) is 0 Å². The molecular weight excluding hydrogens is 226 g/mol. The molecular formula is C15H31NS. The van der Waals surface area contributed by atoms with Crippen LogP contribution in [0.25, 0.3) is 0 Å². The summed E-state index contributed by atoms with van der Waals surface area (Å²) in [6, 6.07) is 0. The lowest BCUT2D eigenvalue weighted by molar-refractivity contribution is 0.174. The van der Waals surface area contributed by atoms with Gasteiger partial charge >= 0.3 is 0 Å². The fourth-order valence-corrected chi connectivity index (χ4v) is 3.59. The first-order chi connectivity index (χ1) is 8.27. The fraction of sp³-hybridized carbons (Fsp3) is 1.00.